The fraction of sp³-hybridized carbons (Fsp3) is 0.652. The first-order chi connectivity index (χ1) is 15.6. The summed E-state index contributed by atoms with van der Waals surface area (Å²) in [6.45, 7) is 3.40. The third kappa shape index (κ3) is 5.54. The van der Waals surface area contributed by atoms with E-state index in [0.717, 1.165) is 25.7 Å². The van der Waals surface area contributed by atoms with Crippen molar-refractivity contribution in [3.63, 3.8) is 0 Å². The SMILES string of the molecule is CC1C(=O)N2C(CCCN3CCCC(F)(F)C3)CCC2CN1C(=O)Nc1ccc(Cl)c(Cl)c1. The lowest BCUT2D eigenvalue weighted by atomic mass is 10.0. The van der Waals surface area contributed by atoms with Gasteiger partial charge in [-0.25, -0.2) is 13.6 Å². The number of carbonyl (C=O) groups excluding carboxylic acids is 2. The Morgan fingerprint density at radius 2 is 2.03 bits per heavy atom. The quantitative estimate of drug-likeness (QED) is 0.609. The van der Waals surface area contributed by atoms with E-state index >= 15 is 0 Å². The normalized spacial score (nSPS) is 27.5. The number of hydrogen-bond acceptors (Lipinski definition) is 3. The summed E-state index contributed by atoms with van der Waals surface area (Å²) in [5.41, 5.74) is 0.518. The van der Waals surface area contributed by atoms with Crippen LogP contribution in [0.15, 0.2) is 18.2 Å². The van der Waals surface area contributed by atoms with Crippen molar-refractivity contribution in [1.29, 1.82) is 0 Å². The summed E-state index contributed by atoms with van der Waals surface area (Å²) in [7, 11) is 0. The van der Waals surface area contributed by atoms with E-state index in [4.69, 9.17) is 23.2 Å². The van der Waals surface area contributed by atoms with Crippen LogP contribution < -0.4 is 5.32 Å². The Hall–Kier alpha value is -1.64. The number of piperidine rings is 1. The molecule has 3 amide bonds. The molecular formula is C23H30Cl2F2N4O2. The number of nitrogens with one attached hydrogen (secondary N) is 1. The number of urea groups is 1. The largest absolute Gasteiger partial charge is 0.333 e. The molecule has 0 spiro atoms. The van der Waals surface area contributed by atoms with Crippen LogP contribution in [0.3, 0.4) is 0 Å². The number of fused-ring (bicyclic) bond motifs is 1. The monoisotopic (exact) mass is 502 g/mol. The van der Waals surface area contributed by atoms with Crippen LogP contribution in [0.2, 0.25) is 10.0 Å². The Labute approximate surface area is 203 Å². The molecule has 0 aromatic heterocycles. The van der Waals surface area contributed by atoms with Crippen molar-refractivity contribution < 1.29 is 18.4 Å². The van der Waals surface area contributed by atoms with Crippen LogP contribution in [0.4, 0.5) is 19.3 Å². The van der Waals surface area contributed by atoms with Gasteiger partial charge in [-0.15, -0.1) is 0 Å². The standard InChI is InChI=1S/C23H30Cl2F2N4O2/c1-15-21(32)31-17(4-2-10-29-11-3-9-23(26,27)14-29)6-7-18(31)13-30(15)22(33)28-16-5-8-19(24)20(25)12-16/h5,8,12,15,17-18H,2-4,6-7,9-11,13-14H2,1H3,(H,28,33). The molecule has 1 aromatic rings. The summed E-state index contributed by atoms with van der Waals surface area (Å²) in [5.74, 6) is -2.64. The second kappa shape index (κ2) is 9.92. The zero-order valence-electron chi connectivity index (χ0n) is 18.7. The van der Waals surface area contributed by atoms with Gasteiger partial charge in [-0.1, -0.05) is 23.2 Å². The van der Waals surface area contributed by atoms with Gasteiger partial charge in [0.2, 0.25) is 5.91 Å². The van der Waals surface area contributed by atoms with E-state index in [1.165, 1.54) is 0 Å². The van der Waals surface area contributed by atoms with Crippen molar-refractivity contribution in [2.24, 2.45) is 0 Å². The van der Waals surface area contributed by atoms with E-state index < -0.39 is 12.0 Å². The number of anilines is 1. The van der Waals surface area contributed by atoms with Gasteiger partial charge in [-0.3, -0.25) is 9.69 Å². The van der Waals surface area contributed by atoms with E-state index in [-0.39, 0.29) is 37.0 Å². The van der Waals surface area contributed by atoms with Crippen molar-refractivity contribution in [2.75, 3.05) is 31.5 Å². The molecule has 10 heteroatoms. The third-order valence-corrected chi connectivity index (χ3v) is 7.76. The highest BCUT2D eigenvalue weighted by Crippen LogP contribution is 2.34. The molecule has 3 saturated heterocycles. The van der Waals surface area contributed by atoms with Gasteiger partial charge in [-0.2, -0.15) is 0 Å². The van der Waals surface area contributed by atoms with Crippen LogP contribution in [-0.4, -0.2) is 76.9 Å². The number of likely N-dealkylation sites (tertiary alicyclic amines) is 1. The molecule has 3 unspecified atom stereocenters. The lowest BCUT2D eigenvalue weighted by Crippen LogP contribution is -2.62. The number of hydrogen-bond donors (Lipinski definition) is 1. The van der Waals surface area contributed by atoms with Crippen molar-refractivity contribution in [3.8, 4) is 0 Å². The average molecular weight is 503 g/mol. The maximum atomic E-state index is 13.6. The van der Waals surface area contributed by atoms with E-state index in [9.17, 15) is 18.4 Å². The highest BCUT2D eigenvalue weighted by molar-refractivity contribution is 6.42. The van der Waals surface area contributed by atoms with Gasteiger partial charge in [0.05, 0.1) is 16.6 Å². The van der Waals surface area contributed by atoms with Gasteiger partial charge in [-0.05, 0) is 70.3 Å². The maximum Gasteiger partial charge on any atom is 0.322 e. The minimum absolute atomic E-state index is 0.0161. The Balaban J connectivity index is 1.32. The second-order valence-electron chi connectivity index (χ2n) is 9.40. The number of carbonyl (C=O) groups is 2. The molecule has 4 rings (SSSR count). The lowest BCUT2D eigenvalue weighted by molar-refractivity contribution is -0.143. The summed E-state index contributed by atoms with van der Waals surface area (Å²) in [5, 5.41) is 3.55. The average Bonchev–Trinajstić information content (AvgIpc) is 3.15. The maximum absolute atomic E-state index is 13.6. The number of nitrogens with zero attached hydrogens (tertiary/aromatic N) is 3. The van der Waals surface area contributed by atoms with Gasteiger partial charge in [0.15, 0.2) is 0 Å². The van der Waals surface area contributed by atoms with Crippen molar-refractivity contribution in [1.82, 2.24) is 14.7 Å². The topological polar surface area (TPSA) is 55.9 Å². The van der Waals surface area contributed by atoms with Crippen LogP contribution in [0.25, 0.3) is 0 Å². The van der Waals surface area contributed by atoms with Crippen LogP contribution in [0, 0.1) is 0 Å². The van der Waals surface area contributed by atoms with Crippen LogP contribution in [-0.2, 0) is 4.79 Å². The van der Waals surface area contributed by atoms with Crippen molar-refractivity contribution >= 4 is 40.8 Å². The smallest absolute Gasteiger partial charge is 0.322 e. The Morgan fingerprint density at radius 1 is 1.24 bits per heavy atom. The number of alkyl halides is 2. The molecule has 3 aliphatic rings. The van der Waals surface area contributed by atoms with Gasteiger partial charge in [0, 0.05) is 30.7 Å². The van der Waals surface area contributed by atoms with Gasteiger partial charge in [0.1, 0.15) is 6.04 Å². The van der Waals surface area contributed by atoms with Gasteiger partial charge in [0.25, 0.3) is 5.92 Å². The first-order valence-corrected chi connectivity index (χ1v) is 12.4. The Morgan fingerprint density at radius 3 is 2.76 bits per heavy atom. The summed E-state index contributed by atoms with van der Waals surface area (Å²) < 4.78 is 27.3. The van der Waals surface area contributed by atoms with E-state index in [0.29, 0.717) is 41.8 Å². The molecule has 182 valence electrons. The van der Waals surface area contributed by atoms with E-state index in [1.807, 2.05) is 9.80 Å². The molecule has 33 heavy (non-hydrogen) atoms. The summed E-state index contributed by atoms with van der Waals surface area (Å²) in [4.78, 5) is 31.4. The van der Waals surface area contributed by atoms with Crippen LogP contribution in [0.1, 0.15) is 45.4 Å². The summed E-state index contributed by atoms with van der Waals surface area (Å²) >= 11 is 12.0. The van der Waals surface area contributed by atoms with Gasteiger partial charge >= 0.3 is 6.03 Å². The molecule has 3 atom stereocenters. The molecule has 0 radical (unpaired) electrons. The highest BCUT2D eigenvalue weighted by Gasteiger charge is 2.46. The molecule has 1 aromatic carbocycles. The zero-order valence-corrected chi connectivity index (χ0v) is 20.2. The minimum Gasteiger partial charge on any atom is -0.333 e. The van der Waals surface area contributed by atoms with Crippen molar-refractivity contribution in [3.05, 3.63) is 28.2 Å². The fourth-order valence-electron chi connectivity index (χ4n) is 5.33. The molecule has 3 aliphatic heterocycles. The van der Waals surface area contributed by atoms with Crippen molar-refractivity contribution in [2.45, 2.75) is 69.5 Å². The van der Waals surface area contributed by atoms with Gasteiger partial charge < -0.3 is 15.1 Å². The lowest BCUT2D eigenvalue weighted by Gasteiger charge is -2.43. The minimum atomic E-state index is -2.59. The number of benzene rings is 1. The molecule has 1 N–H and O–H groups in total. The molecular weight excluding hydrogens is 473 g/mol. The summed E-state index contributed by atoms with van der Waals surface area (Å²) in [6.07, 6.45) is 3.80. The first-order valence-electron chi connectivity index (χ1n) is 11.6. The predicted molar refractivity (Wildman–Crippen MR) is 125 cm³/mol. The first kappa shape index (κ1) is 24.5. The number of halogens is 4. The number of rotatable bonds is 5. The molecule has 3 fully saturated rings. The highest BCUT2D eigenvalue weighted by atomic mass is 35.5. The predicted octanol–water partition coefficient (Wildman–Crippen LogP) is 5.10. The van der Waals surface area contributed by atoms with Crippen LogP contribution in [0.5, 0.6) is 0 Å². The molecule has 3 heterocycles. The molecule has 0 aliphatic carbocycles. The van der Waals surface area contributed by atoms with E-state index in [1.54, 1.807) is 30.0 Å². The zero-order chi connectivity index (χ0) is 23.8. The fourth-order valence-corrected chi connectivity index (χ4v) is 5.63. The molecule has 0 bridgehead atoms. The second-order valence-corrected chi connectivity index (χ2v) is 10.2. The number of piperazine rings is 1. The molecule has 6 nitrogen and oxygen atoms in total. The number of amides is 3. The Kier molecular flexibility index (Phi) is 7.36. The third-order valence-electron chi connectivity index (χ3n) is 7.02. The van der Waals surface area contributed by atoms with E-state index in [2.05, 4.69) is 5.32 Å². The summed E-state index contributed by atoms with van der Waals surface area (Å²) in [6, 6.07) is 4.02. The molecule has 0 saturated carbocycles. The van der Waals surface area contributed by atoms with Crippen LogP contribution >= 0.6 is 23.2 Å². The Bertz CT molecular complexity index is 903.